The predicted octanol–water partition coefficient (Wildman–Crippen LogP) is 4.08. The highest BCUT2D eigenvalue weighted by atomic mass is 35.5. The van der Waals surface area contributed by atoms with E-state index >= 15 is 0 Å². The van der Waals surface area contributed by atoms with Crippen LogP contribution in [-0.2, 0) is 14.8 Å². The molecule has 3 N–H and O–H groups in total. The van der Waals surface area contributed by atoms with E-state index in [1.165, 1.54) is 37.4 Å². The summed E-state index contributed by atoms with van der Waals surface area (Å²) < 4.78 is 32.8. The molecule has 0 atom stereocenters. The van der Waals surface area contributed by atoms with Gasteiger partial charge in [0, 0.05) is 19.3 Å². The Morgan fingerprint density at radius 2 is 1.65 bits per heavy atom. The molecule has 0 saturated carbocycles. The van der Waals surface area contributed by atoms with E-state index in [9.17, 15) is 18.0 Å². The summed E-state index contributed by atoms with van der Waals surface area (Å²) in [7, 11) is -2.33. The molecule has 0 spiro atoms. The second-order valence-corrected chi connectivity index (χ2v) is 9.45. The van der Waals surface area contributed by atoms with Crippen molar-refractivity contribution in [2.24, 2.45) is 0 Å². The number of carbonyl (C=O) groups excluding carboxylic acids is 2. The third kappa shape index (κ3) is 6.34. The minimum absolute atomic E-state index is 0.0420. The van der Waals surface area contributed by atoms with Crippen LogP contribution in [0.3, 0.4) is 0 Å². The molecule has 0 aliphatic carbocycles. The summed E-state index contributed by atoms with van der Waals surface area (Å²) in [6.45, 7) is 2.52. The Labute approximate surface area is 203 Å². The van der Waals surface area contributed by atoms with Gasteiger partial charge >= 0.3 is 0 Å². The third-order valence-corrected chi connectivity index (χ3v) is 6.53. The Balaban J connectivity index is 1.81. The van der Waals surface area contributed by atoms with Gasteiger partial charge in [0.2, 0.25) is 0 Å². The maximum atomic E-state index is 13.0. The number of rotatable bonds is 9. The number of carbonyl (C=O) groups is 2. The van der Waals surface area contributed by atoms with Crippen molar-refractivity contribution in [1.29, 1.82) is 0 Å². The number of nitrogens with one attached hydrogen (secondary N) is 3. The zero-order valence-corrected chi connectivity index (χ0v) is 20.2. The minimum Gasteiger partial charge on any atom is -0.383 e. The molecular formula is C24H24ClN3O5S. The number of sulfonamides is 1. The Bertz CT molecular complexity index is 1290. The first-order valence-corrected chi connectivity index (χ1v) is 12.1. The van der Waals surface area contributed by atoms with Gasteiger partial charge in [-0.25, -0.2) is 8.42 Å². The normalized spacial score (nSPS) is 11.0. The zero-order chi connectivity index (χ0) is 24.7. The number of para-hydroxylation sites is 1. The van der Waals surface area contributed by atoms with Crippen molar-refractivity contribution in [1.82, 2.24) is 5.32 Å². The highest BCUT2D eigenvalue weighted by Crippen LogP contribution is 2.25. The topological polar surface area (TPSA) is 114 Å². The summed E-state index contributed by atoms with van der Waals surface area (Å²) in [5.74, 6) is -0.975. The van der Waals surface area contributed by atoms with E-state index in [1.54, 1.807) is 36.4 Å². The molecule has 0 radical (unpaired) electrons. The molecule has 0 unspecified atom stereocenters. The molecule has 0 bridgehead atoms. The van der Waals surface area contributed by atoms with Crippen molar-refractivity contribution in [3.8, 4) is 0 Å². The number of halogens is 1. The SMILES string of the molecule is COCCNC(=O)c1ccccc1NC(=O)c1cc(NS(=O)(=O)c2ccc(C)cc2)ccc1Cl. The third-order valence-electron chi connectivity index (χ3n) is 4.81. The van der Waals surface area contributed by atoms with Gasteiger partial charge in [-0.1, -0.05) is 41.4 Å². The van der Waals surface area contributed by atoms with Crippen LogP contribution in [0, 0.1) is 6.92 Å². The van der Waals surface area contributed by atoms with Crippen molar-refractivity contribution >= 4 is 44.8 Å². The number of amides is 2. The molecule has 0 saturated heterocycles. The van der Waals surface area contributed by atoms with E-state index in [-0.39, 0.29) is 38.3 Å². The van der Waals surface area contributed by atoms with Crippen LogP contribution < -0.4 is 15.4 Å². The van der Waals surface area contributed by atoms with Crippen LogP contribution >= 0.6 is 11.6 Å². The zero-order valence-electron chi connectivity index (χ0n) is 18.6. The number of hydrogen-bond acceptors (Lipinski definition) is 5. The van der Waals surface area contributed by atoms with Crippen LogP contribution in [0.25, 0.3) is 0 Å². The number of anilines is 2. The number of hydrogen-bond donors (Lipinski definition) is 3. The quantitative estimate of drug-likeness (QED) is 0.382. The highest BCUT2D eigenvalue weighted by Gasteiger charge is 2.19. The Morgan fingerprint density at radius 1 is 0.941 bits per heavy atom. The van der Waals surface area contributed by atoms with Crippen LogP contribution in [0.5, 0.6) is 0 Å². The van der Waals surface area contributed by atoms with E-state index in [0.717, 1.165) is 5.56 Å². The first-order chi connectivity index (χ1) is 16.2. The van der Waals surface area contributed by atoms with E-state index in [2.05, 4.69) is 15.4 Å². The predicted molar refractivity (Wildman–Crippen MR) is 132 cm³/mol. The molecule has 0 fully saturated rings. The maximum absolute atomic E-state index is 13.0. The van der Waals surface area contributed by atoms with Gasteiger partial charge in [0.15, 0.2) is 0 Å². The van der Waals surface area contributed by atoms with E-state index in [0.29, 0.717) is 13.2 Å². The van der Waals surface area contributed by atoms with Crippen molar-refractivity contribution in [3.63, 3.8) is 0 Å². The molecule has 34 heavy (non-hydrogen) atoms. The van der Waals surface area contributed by atoms with Crippen molar-refractivity contribution < 1.29 is 22.7 Å². The van der Waals surface area contributed by atoms with Gasteiger partial charge in [-0.3, -0.25) is 14.3 Å². The largest absolute Gasteiger partial charge is 0.383 e. The van der Waals surface area contributed by atoms with Gasteiger partial charge in [-0.05, 0) is 49.4 Å². The minimum atomic E-state index is -3.86. The van der Waals surface area contributed by atoms with E-state index < -0.39 is 15.9 Å². The smallest absolute Gasteiger partial charge is 0.261 e. The average Bonchev–Trinajstić information content (AvgIpc) is 2.81. The van der Waals surface area contributed by atoms with Gasteiger partial charge in [0.25, 0.3) is 21.8 Å². The van der Waals surface area contributed by atoms with Gasteiger partial charge in [-0.2, -0.15) is 0 Å². The summed E-state index contributed by atoms with van der Waals surface area (Å²) in [6, 6.07) is 17.1. The molecule has 0 aliphatic rings. The van der Waals surface area contributed by atoms with Crippen LogP contribution in [0.4, 0.5) is 11.4 Å². The summed E-state index contributed by atoms with van der Waals surface area (Å²) >= 11 is 6.22. The van der Waals surface area contributed by atoms with Gasteiger partial charge in [0.05, 0.1) is 33.3 Å². The fourth-order valence-corrected chi connectivity index (χ4v) is 4.29. The molecule has 2 amide bonds. The molecule has 8 nitrogen and oxygen atoms in total. The molecule has 0 aromatic heterocycles. The molecule has 3 aromatic carbocycles. The fraction of sp³-hybridized carbons (Fsp3) is 0.167. The van der Waals surface area contributed by atoms with Crippen LogP contribution in [0.2, 0.25) is 5.02 Å². The van der Waals surface area contributed by atoms with Crippen molar-refractivity contribution in [2.45, 2.75) is 11.8 Å². The second-order valence-electron chi connectivity index (χ2n) is 7.36. The number of ether oxygens (including phenoxy) is 1. The van der Waals surface area contributed by atoms with Crippen LogP contribution in [0.1, 0.15) is 26.3 Å². The monoisotopic (exact) mass is 501 g/mol. The van der Waals surface area contributed by atoms with Gasteiger partial charge in [-0.15, -0.1) is 0 Å². The Kier molecular flexibility index (Phi) is 8.27. The standard InChI is InChI=1S/C24H24ClN3O5S/c1-16-7-10-18(11-8-16)34(31,32)28-17-9-12-21(25)20(15-17)24(30)27-22-6-4-3-5-19(22)23(29)26-13-14-33-2/h3-12,15,28H,13-14H2,1-2H3,(H,26,29)(H,27,30). The lowest BCUT2D eigenvalue weighted by Crippen LogP contribution is -2.28. The summed E-state index contributed by atoms with van der Waals surface area (Å²) in [4.78, 5) is 25.5. The first kappa shape index (κ1) is 25.2. The maximum Gasteiger partial charge on any atom is 0.261 e. The molecular weight excluding hydrogens is 478 g/mol. The molecule has 3 rings (SSSR count). The molecule has 0 aliphatic heterocycles. The molecule has 10 heteroatoms. The van der Waals surface area contributed by atoms with Gasteiger partial charge in [0.1, 0.15) is 0 Å². The van der Waals surface area contributed by atoms with E-state index in [1.807, 2.05) is 6.92 Å². The van der Waals surface area contributed by atoms with Crippen molar-refractivity contribution in [2.75, 3.05) is 30.3 Å². The van der Waals surface area contributed by atoms with Crippen molar-refractivity contribution in [3.05, 3.63) is 88.4 Å². The first-order valence-electron chi connectivity index (χ1n) is 10.3. The van der Waals surface area contributed by atoms with Crippen LogP contribution in [-0.4, -0.2) is 40.5 Å². The number of methoxy groups -OCH3 is 1. The molecule has 178 valence electrons. The Hall–Kier alpha value is -3.40. The lowest BCUT2D eigenvalue weighted by molar-refractivity contribution is 0.0938. The van der Waals surface area contributed by atoms with E-state index in [4.69, 9.17) is 16.3 Å². The van der Waals surface area contributed by atoms with Crippen LogP contribution in [0.15, 0.2) is 71.6 Å². The summed E-state index contributed by atoms with van der Waals surface area (Å²) in [6.07, 6.45) is 0. The van der Waals surface area contributed by atoms with Gasteiger partial charge < -0.3 is 15.4 Å². The number of aryl methyl sites for hydroxylation is 1. The lowest BCUT2D eigenvalue weighted by Gasteiger charge is -2.13. The second kappa shape index (κ2) is 11.1. The highest BCUT2D eigenvalue weighted by molar-refractivity contribution is 7.92. The summed E-state index contributed by atoms with van der Waals surface area (Å²) in [5, 5.41) is 5.50. The number of benzene rings is 3. The fourth-order valence-electron chi connectivity index (χ4n) is 3.04. The summed E-state index contributed by atoms with van der Waals surface area (Å²) in [5.41, 5.74) is 1.68. The molecule has 0 heterocycles. The lowest BCUT2D eigenvalue weighted by atomic mass is 10.1. The average molecular weight is 502 g/mol. The Morgan fingerprint density at radius 3 is 2.35 bits per heavy atom. The molecule has 3 aromatic rings.